The molecule has 0 N–H and O–H groups in total. The van der Waals surface area contributed by atoms with E-state index < -0.39 is 0 Å². The molecular weight excluding hydrogens is 248 g/mol. The first-order chi connectivity index (χ1) is 9.05. The fraction of sp³-hybridized carbons (Fsp3) is 0.706. The number of amides is 2. The molecule has 2 atom stereocenters. The second-order valence-corrected chi connectivity index (χ2v) is 7.52. The lowest BCUT2D eigenvalue weighted by Gasteiger charge is -2.37. The number of hydrogen-bond donors (Lipinski definition) is 0. The van der Waals surface area contributed by atoms with Crippen molar-refractivity contribution in [2.45, 2.75) is 77.5 Å². The lowest BCUT2D eigenvalue weighted by atomic mass is 9.95. The summed E-state index contributed by atoms with van der Waals surface area (Å²) in [6, 6.07) is 0.336. The van der Waals surface area contributed by atoms with E-state index in [-0.39, 0.29) is 29.2 Å². The van der Waals surface area contributed by atoms with Crippen molar-refractivity contribution < 1.29 is 4.79 Å². The fourth-order valence-corrected chi connectivity index (χ4v) is 3.08. The van der Waals surface area contributed by atoms with Crippen LogP contribution in [0.2, 0.25) is 0 Å². The Hall–Kier alpha value is -1.25. The molecule has 0 spiro atoms. The predicted molar refractivity (Wildman–Crippen MR) is 85.8 cm³/mol. The zero-order valence-corrected chi connectivity index (χ0v) is 13.9. The lowest BCUT2D eigenvalue weighted by Crippen LogP contribution is -2.50. The molecule has 1 aliphatic rings. The molecule has 0 radical (unpaired) electrons. The highest BCUT2D eigenvalue weighted by Crippen LogP contribution is 2.37. The highest BCUT2D eigenvalue weighted by Gasteiger charge is 2.51. The van der Waals surface area contributed by atoms with Crippen molar-refractivity contribution in [2.75, 3.05) is 0 Å². The van der Waals surface area contributed by atoms with Gasteiger partial charge in [-0.15, -0.1) is 13.2 Å². The molecule has 0 aromatic heterocycles. The second-order valence-electron chi connectivity index (χ2n) is 7.52. The average Bonchev–Trinajstić information content (AvgIpc) is 2.57. The Morgan fingerprint density at radius 2 is 1.55 bits per heavy atom. The zero-order valence-electron chi connectivity index (χ0n) is 13.9. The van der Waals surface area contributed by atoms with Gasteiger partial charge in [-0.2, -0.15) is 0 Å². The Balaban J connectivity index is 3.24. The van der Waals surface area contributed by atoms with Gasteiger partial charge < -0.3 is 9.80 Å². The molecule has 0 aromatic rings. The second kappa shape index (κ2) is 5.63. The minimum Gasteiger partial charge on any atom is -0.314 e. The monoisotopic (exact) mass is 278 g/mol. The van der Waals surface area contributed by atoms with Crippen LogP contribution >= 0.6 is 0 Å². The first kappa shape index (κ1) is 16.8. The SMILES string of the molecule is C=CCC[C@H]1[C@H](C=C)N(C(C)(C)C)C(=O)N1C(C)(C)C. The molecular formula is C17H30N2O. The Labute approximate surface area is 124 Å². The van der Waals surface area contributed by atoms with Crippen molar-refractivity contribution in [3.63, 3.8) is 0 Å². The van der Waals surface area contributed by atoms with Gasteiger partial charge in [-0.25, -0.2) is 4.79 Å². The molecule has 1 heterocycles. The summed E-state index contributed by atoms with van der Waals surface area (Å²) < 4.78 is 0. The Morgan fingerprint density at radius 3 is 1.90 bits per heavy atom. The minimum atomic E-state index is -0.206. The van der Waals surface area contributed by atoms with Gasteiger partial charge in [0, 0.05) is 11.1 Å². The quantitative estimate of drug-likeness (QED) is 0.707. The first-order valence-electron chi connectivity index (χ1n) is 7.41. The minimum absolute atomic E-state index is 0.0571. The van der Waals surface area contributed by atoms with E-state index in [1.54, 1.807) is 0 Å². The van der Waals surface area contributed by atoms with Crippen LogP contribution in [0.25, 0.3) is 0 Å². The van der Waals surface area contributed by atoms with Crippen molar-refractivity contribution >= 4 is 6.03 Å². The molecule has 0 saturated carbocycles. The lowest BCUT2D eigenvalue weighted by molar-refractivity contribution is 0.122. The van der Waals surface area contributed by atoms with Crippen molar-refractivity contribution in [3.8, 4) is 0 Å². The summed E-state index contributed by atoms with van der Waals surface area (Å²) in [5.74, 6) is 0. The van der Waals surface area contributed by atoms with Crippen molar-refractivity contribution in [3.05, 3.63) is 25.3 Å². The molecule has 0 bridgehead atoms. The molecule has 3 nitrogen and oxygen atoms in total. The van der Waals surface area contributed by atoms with Gasteiger partial charge in [-0.3, -0.25) is 0 Å². The van der Waals surface area contributed by atoms with Gasteiger partial charge in [0.15, 0.2) is 0 Å². The van der Waals surface area contributed by atoms with Crippen LogP contribution in [-0.2, 0) is 0 Å². The fourth-order valence-electron chi connectivity index (χ4n) is 3.08. The van der Waals surface area contributed by atoms with Crippen molar-refractivity contribution in [2.24, 2.45) is 0 Å². The standard InChI is InChI=1S/C17H30N2O/c1-9-11-12-14-13(10-2)18(16(3,4)5)15(20)19(14)17(6,7)8/h9-10,13-14H,1-2,11-12H2,3-8H3/t13-,14-/m0/s1. The van der Waals surface area contributed by atoms with E-state index in [1.807, 2.05) is 22.0 Å². The van der Waals surface area contributed by atoms with Crippen LogP contribution in [0, 0.1) is 0 Å². The van der Waals surface area contributed by atoms with E-state index in [0.29, 0.717) is 0 Å². The largest absolute Gasteiger partial charge is 0.321 e. The van der Waals surface area contributed by atoms with E-state index in [1.165, 1.54) is 0 Å². The van der Waals surface area contributed by atoms with Gasteiger partial charge in [-0.1, -0.05) is 12.2 Å². The highest BCUT2D eigenvalue weighted by molar-refractivity contribution is 5.80. The predicted octanol–water partition coefficient (Wildman–Crippen LogP) is 4.21. The maximum absolute atomic E-state index is 12.9. The smallest absolute Gasteiger partial charge is 0.314 e. The maximum atomic E-state index is 12.9. The molecule has 0 aromatic carbocycles. The molecule has 1 fully saturated rings. The molecule has 1 rings (SSSR count). The van der Waals surface area contributed by atoms with E-state index >= 15 is 0 Å². The van der Waals surface area contributed by atoms with E-state index in [2.05, 4.69) is 54.7 Å². The summed E-state index contributed by atoms with van der Waals surface area (Å²) in [4.78, 5) is 16.9. The number of carbonyl (C=O) groups excluding carboxylic acids is 1. The van der Waals surface area contributed by atoms with Gasteiger partial charge in [0.25, 0.3) is 0 Å². The summed E-state index contributed by atoms with van der Waals surface area (Å²) in [5, 5.41) is 0. The van der Waals surface area contributed by atoms with Crippen molar-refractivity contribution in [1.82, 2.24) is 9.80 Å². The molecule has 114 valence electrons. The Bertz CT molecular complexity index is 387. The molecule has 0 unspecified atom stereocenters. The van der Waals surface area contributed by atoms with E-state index in [0.717, 1.165) is 12.8 Å². The van der Waals surface area contributed by atoms with Gasteiger partial charge in [0.2, 0.25) is 0 Å². The Morgan fingerprint density at radius 1 is 1.05 bits per heavy atom. The topological polar surface area (TPSA) is 23.6 Å². The van der Waals surface area contributed by atoms with Gasteiger partial charge in [0.05, 0.1) is 12.1 Å². The summed E-state index contributed by atoms with van der Waals surface area (Å²) in [6.45, 7) is 20.3. The first-order valence-corrected chi connectivity index (χ1v) is 7.41. The normalized spacial score (nSPS) is 24.2. The average molecular weight is 278 g/mol. The van der Waals surface area contributed by atoms with Crippen LogP contribution < -0.4 is 0 Å². The highest BCUT2D eigenvalue weighted by atomic mass is 16.2. The van der Waals surface area contributed by atoms with Crippen LogP contribution in [-0.4, -0.2) is 39.0 Å². The summed E-state index contributed by atoms with van der Waals surface area (Å²) in [6.07, 6.45) is 5.68. The zero-order chi connectivity index (χ0) is 15.7. The third-order valence-electron chi connectivity index (χ3n) is 3.79. The third-order valence-corrected chi connectivity index (χ3v) is 3.79. The van der Waals surface area contributed by atoms with Gasteiger partial charge in [-0.05, 0) is 54.4 Å². The molecule has 2 amide bonds. The van der Waals surface area contributed by atoms with E-state index in [4.69, 9.17) is 0 Å². The third kappa shape index (κ3) is 3.08. The molecule has 1 saturated heterocycles. The van der Waals surface area contributed by atoms with Crippen LogP contribution in [0.5, 0.6) is 0 Å². The van der Waals surface area contributed by atoms with Crippen LogP contribution in [0.3, 0.4) is 0 Å². The molecule has 3 heteroatoms. The van der Waals surface area contributed by atoms with Crippen molar-refractivity contribution in [1.29, 1.82) is 0 Å². The van der Waals surface area contributed by atoms with Crippen LogP contribution in [0.1, 0.15) is 54.4 Å². The summed E-state index contributed by atoms with van der Waals surface area (Å²) in [5.41, 5.74) is -0.396. The number of nitrogens with zero attached hydrogens (tertiary/aromatic N) is 2. The van der Waals surface area contributed by atoms with E-state index in [9.17, 15) is 4.79 Å². The Kier molecular flexibility index (Phi) is 4.73. The maximum Gasteiger partial charge on any atom is 0.321 e. The van der Waals surface area contributed by atoms with Crippen LogP contribution in [0.15, 0.2) is 25.3 Å². The number of rotatable bonds is 4. The number of carbonyl (C=O) groups is 1. The number of urea groups is 1. The van der Waals surface area contributed by atoms with Gasteiger partial charge >= 0.3 is 6.03 Å². The molecule has 20 heavy (non-hydrogen) atoms. The molecule has 0 aliphatic carbocycles. The summed E-state index contributed by atoms with van der Waals surface area (Å²) >= 11 is 0. The number of hydrogen-bond acceptors (Lipinski definition) is 1. The number of allylic oxidation sites excluding steroid dienone is 1. The van der Waals surface area contributed by atoms with Crippen LogP contribution in [0.4, 0.5) is 4.79 Å². The molecule has 1 aliphatic heterocycles. The van der Waals surface area contributed by atoms with Gasteiger partial charge in [0.1, 0.15) is 0 Å². The summed E-state index contributed by atoms with van der Waals surface area (Å²) in [7, 11) is 0.